The standard InChI is InChI=1S/C22H25N7O4/c23-20(30)19-16(10-29(28-19)15-5-7-32-11-15)26-21(31)17-12-33-22(27-17)14-4-6-24-18(8-14)25-9-13-2-1-3-13/h4,6,8,10,12-13,15H,1-3,5,7,9,11H2,(H2,23,30)(H,24,25)(H,26,31). The van der Waals surface area contributed by atoms with E-state index in [1.54, 1.807) is 23.1 Å². The Morgan fingerprint density at radius 3 is 2.88 bits per heavy atom. The number of rotatable bonds is 8. The summed E-state index contributed by atoms with van der Waals surface area (Å²) >= 11 is 0. The fourth-order valence-corrected chi connectivity index (χ4v) is 3.89. The normalized spacial score (nSPS) is 18.1. The van der Waals surface area contributed by atoms with Crippen molar-refractivity contribution in [3.8, 4) is 11.5 Å². The molecule has 2 aliphatic rings. The third-order valence-electron chi connectivity index (χ3n) is 6.03. The highest BCUT2D eigenvalue weighted by Crippen LogP contribution is 2.27. The number of nitrogens with two attached hydrogens (primary N) is 1. The molecule has 1 unspecified atom stereocenters. The zero-order chi connectivity index (χ0) is 22.8. The van der Waals surface area contributed by atoms with Gasteiger partial charge in [-0.25, -0.2) is 9.97 Å². The summed E-state index contributed by atoms with van der Waals surface area (Å²) in [6.07, 6.45) is 9.07. The molecular formula is C22H25N7O4. The Balaban J connectivity index is 1.29. The zero-order valence-corrected chi connectivity index (χ0v) is 18.0. The summed E-state index contributed by atoms with van der Waals surface area (Å²) in [4.78, 5) is 33.2. The lowest BCUT2D eigenvalue weighted by atomic mass is 9.85. The van der Waals surface area contributed by atoms with Gasteiger partial charge in [0.2, 0.25) is 5.89 Å². The van der Waals surface area contributed by atoms with Crippen LogP contribution >= 0.6 is 0 Å². The van der Waals surface area contributed by atoms with Crippen LogP contribution in [0.15, 0.2) is 35.2 Å². The van der Waals surface area contributed by atoms with E-state index >= 15 is 0 Å². The van der Waals surface area contributed by atoms with Gasteiger partial charge < -0.3 is 25.5 Å². The summed E-state index contributed by atoms with van der Waals surface area (Å²) in [5.41, 5.74) is 6.42. The lowest BCUT2D eigenvalue weighted by Crippen LogP contribution is -2.21. The molecule has 3 aromatic heterocycles. The Bertz CT molecular complexity index is 1160. The monoisotopic (exact) mass is 451 g/mol. The minimum Gasteiger partial charge on any atom is -0.444 e. The second kappa shape index (κ2) is 9.02. The molecule has 0 bridgehead atoms. The number of ether oxygens (including phenoxy) is 1. The van der Waals surface area contributed by atoms with Gasteiger partial charge in [-0.05, 0) is 37.3 Å². The maximum absolute atomic E-state index is 12.8. The molecule has 1 aliphatic carbocycles. The summed E-state index contributed by atoms with van der Waals surface area (Å²) in [6, 6.07) is 3.60. The number of aromatic nitrogens is 4. The van der Waals surface area contributed by atoms with Crippen LogP contribution in [0.1, 0.15) is 52.7 Å². The van der Waals surface area contributed by atoms with E-state index in [2.05, 4.69) is 25.7 Å². The van der Waals surface area contributed by atoms with E-state index in [4.69, 9.17) is 14.9 Å². The van der Waals surface area contributed by atoms with E-state index in [0.717, 1.165) is 18.8 Å². The molecule has 1 atom stereocenters. The van der Waals surface area contributed by atoms with Gasteiger partial charge in [0.05, 0.1) is 18.3 Å². The Kier molecular flexibility index (Phi) is 5.78. The molecule has 3 aromatic rings. The molecule has 0 spiro atoms. The lowest BCUT2D eigenvalue weighted by molar-refractivity contribution is 0.0995. The van der Waals surface area contributed by atoms with Crippen molar-refractivity contribution in [2.45, 2.75) is 31.7 Å². The first kappa shape index (κ1) is 21.1. The number of nitrogens with one attached hydrogen (secondary N) is 2. The fourth-order valence-electron chi connectivity index (χ4n) is 3.89. The topological polar surface area (TPSA) is 150 Å². The van der Waals surface area contributed by atoms with Crippen molar-refractivity contribution in [3.05, 3.63) is 42.2 Å². The van der Waals surface area contributed by atoms with Crippen molar-refractivity contribution in [3.63, 3.8) is 0 Å². The number of nitrogens with zero attached hydrogens (tertiary/aromatic N) is 4. The van der Waals surface area contributed by atoms with Gasteiger partial charge in [0.15, 0.2) is 11.4 Å². The fraction of sp³-hybridized carbons (Fsp3) is 0.409. The highest BCUT2D eigenvalue weighted by molar-refractivity contribution is 6.07. The first-order valence-electron chi connectivity index (χ1n) is 11.0. The van der Waals surface area contributed by atoms with Crippen LogP contribution in [0, 0.1) is 5.92 Å². The molecule has 1 saturated heterocycles. The Labute approximate surface area is 189 Å². The number of hydrogen-bond donors (Lipinski definition) is 3. The van der Waals surface area contributed by atoms with E-state index in [-0.39, 0.29) is 23.1 Å². The first-order valence-corrected chi connectivity index (χ1v) is 11.0. The van der Waals surface area contributed by atoms with Crippen molar-refractivity contribution in [2.75, 3.05) is 30.4 Å². The smallest absolute Gasteiger partial charge is 0.277 e. The number of pyridine rings is 1. The van der Waals surface area contributed by atoms with E-state index in [0.29, 0.717) is 30.6 Å². The van der Waals surface area contributed by atoms with E-state index in [1.165, 1.54) is 25.5 Å². The molecule has 2 fully saturated rings. The molecule has 11 heteroatoms. The largest absolute Gasteiger partial charge is 0.444 e. The zero-order valence-electron chi connectivity index (χ0n) is 18.0. The lowest BCUT2D eigenvalue weighted by Gasteiger charge is -2.25. The molecule has 0 aromatic carbocycles. The van der Waals surface area contributed by atoms with Gasteiger partial charge >= 0.3 is 0 Å². The first-order chi connectivity index (χ1) is 16.1. The van der Waals surface area contributed by atoms with E-state index in [1.807, 2.05) is 6.07 Å². The number of hydrogen-bond acceptors (Lipinski definition) is 8. The van der Waals surface area contributed by atoms with Crippen molar-refractivity contribution in [2.24, 2.45) is 11.7 Å². The summed E-state index contributed by atoms with van der Waals surface area (Å²) in [5, 5.41) is 10.2. The van der Waals surface area contributed by atoms with Crippen molar-refractivity contribution in [1.82, 2.24) is 19.7 Å². The molecule has 5 rings (SSSR count). The molecule has 1 saturated carbocycles. The minimum atomic E-state index is -0.734. The number of anilines is 2. The summed E-state index contributed by atoms with van der Waals surface area (Å²) in [7, 11) is 0. The SMILES string of the molecule is NC(=O)c1nn(C2CCOC2)cc1NC(=O)c1coc(-c2ccnc(NCC3CCC3)c2)n1. The Hall–Kier alpha value is -3.73. The number of primary amides is 1. The molecule has 33 heavy (non-hydrogen) atoms. The summed E-state index contributed by atoms with van der Waals surface area (Å²) in [5.74, 6) is 0.458. The molecule has 0 radical (unpaired) electrons. The van der Waals surface area contributed by atoms with E-state index in [9.17, 15) is 9.59 Å². The molecule has 4 heterocycles. The van der Waals surface area contributed by atoms with Gasteiger partial charge in [-0.2, -0.15) is 5.10 Å². The summed E-state index contributed by atoms with van der Waals surface area (Å²) < 4.78 is 12.5. The van der Waals surface area contributed by atoms with E-state index < -0.39 is 11.8 Å². The predicted molar refractivity (Wildman–Crippen MR) is 119 cm³/mol. The van der Waals surface area contributed by atoms with Crippen LogP contribution in [0.2, 0.25) is 0 Å². The number of oxazole rings is 1. The van der Waals surface area contributed by atoms with Gasteiger partial charge in [0, 0.05) is 31.1 Å². The number of carbonyl (C=O) groups is 2. The van der Waals surface area contributed by atoms with Crippen LogP contribution in [-0.4, -0.2) is 51.3 Å². The molecule has 2 amide bonds. The average molecular weight is 451 g/mol. The predicted octanol–water partition coefficient (Wildman–Crippen LogP) is 2.46. The Morgan fingerprint density at radius 2 is 2.15 bits per heavy atom. The third-order valence-corrected chi connectivity index (χ3v) is 6.03. The van der Waals surface area contributed by atoms with Crippen LogP contribution in [0.25, 0.3) is 11.5 Å². The second-order valence-electron chi connectivity index (χ2n) is 8.35. The minimum absolute atomic E-state index is 0.00816. The maximum Gasteiger partial charge on any atom is 0.277 e. The third kappa shape index (κ3) is 4.58. The quantitative estimate of drug-likeness (QED) is 0.473. The van der Waals surface area contributed by atoms with Crippen LogP contribution in [0.4, 0.5) is 11.5 Å². The molecule has 172 valence electrons. The van der Waals surface area contributed by atoms with Crippen LogP contribution in [-0.2, 0) is 4.74 Å². The van der Waals surface area contributed by atoms with Crippen LogP contribution < -0.4 is 16.4 Å². The van der Waals surface area contributed by atoms with Crippen molar-refractivity contribution in [1.29, 1.82) is 0 Å². The number of carbonyl (C=O) groups excluding carboxylic acids is 2. The highest BCUT2D eigenvalue weighted by atomic mass is 16.5. The van der Waals surface area contributed by atoms with Crippen molar-refractivity contribution >= 4 is 23.3 Å². The number of amides is 2. The summed E-state index contributed by atoms with van der Waals surface area (Å²) in [6.45, 7) is 1.99. The molecule has 4 N–H and O–H groups in total. The van der Waals surface area contributed by atoms with Crippen LogP contribution in [0.3, 0.4) is 0 Å². The molecule has 11 nitrogen and oxygen atoms in total. The maximum atomic E-state index is 12.8. The highest BCUT2D eigenvalue weighted by Gasteiger charge is 2.24. The van der Waals surface area contributed by atoms with Gasteiger partial charge in [-0.1, -0.05) is 6.42 Å². The molecular weight excluding hydrogens is 426 g/mol. The van der Waals surface area contributed by atoms with Gasteiger partial charge in [-0.3, -0.25) is 14.3 Å². The van der Waals surface area contributed by atoms with Crippen molar-refractivity contribution < 1.29 is 18.7 Å². The van der Waals surface area contributed by atoms with Gasteiger partial charge in [0.1, 0.15) is 12.1 Å². The Morgan fingerprint density at radius 1 is 1.27 bits per heavy atom. The van der Waals surface area contributed by atoms with Crippen LogP contribution in [0.5, 0.6) is 0 Å². The second-order valence-corrected chi connectivity index (χ2v) is 8.35. The van der Waals surface area contributed by atoms with Gasteiger partial charge in [-0.15, -0.1) is 0 Å². The van der Waals surface area contributed by atoms with Gasteiger partial charge in [0.25, 0.3) is 11.8 Å². The average Bonchev–Trinajstić information content (AvgIpc) is 3.53. The molecule has 1 aliphatic heterocycles.